The number of benzene rings is 1. The molecule has 1 aliphatic heterocycles. The van der Waals surface area contributed by atoms with Crippen LogP contribution in [0.5, 0.6) is 5.75 Å². The number of furan rings is 1. The molecule has 136 valence electrons. The van der Waals surface area contributed by atoms with E-state index in [0.717, 1.165) is 61.3 Å². The lowest BCUT2D eigenvalue weighted by Gasteiger charge is -2.31. The molecule has 0 N–H and O–H groups in total. The van der Waals surface area contributed by atoms with E-state index in [4.69, 9.17) is 14.1 Å². The number of likely N-dealkylation sites (tertiary alicyclic amines) is 1. The predicted octanol–water partition coefficient (Wildman–Crippen LogP) is 3.56. The topological polar surface area (TPSA) is 56.3 Å². The lowest BCUT2D eigenvalue weighted by molar-refractivity contribution is 0.182. The maximum atomic E-state index is 5.51. The molecule has 26 heavy (non-hydrogen) atoms. The highest BCUT2D eigenvalue weighted by Gasteiger charge is 2.26. The van der Waals surface area contributed by atoms with Crippen molar-refractivity contribution in [1.82, 2.24) is 19.7 Å². The molecule has 0 aliphatic carbocycles. The molecule has 6 heteroatoms. The minimum atomic E-state index is 0.363. The fraction of sp³-hybridized carbons (Fsp3) is 0.400. The van der Waals surface area contributed by atoms with Crippen molar-refractivity contribution in [3.8, 4) is 11.4 Å². The number of aryl methyl sites for hydroxylation is 1. The second-order valence-electron chi connectivity index (χ2n) is 6.78. The van der Waals surface area contributed by atoms with Crippen molar-refractivity contribution < 1.29 is 9.15 Å². The molecule has 1 saturated heterocycles. The Labute approximate surface area is 153 Å². The van der Waals surface area contributed by atoms with Gasteiger partial charge in [-0.05, 0) is 62.7 Å². The monoisotopic (exact) mass is 352 g/mol. The van der Waals surface area contributed by atoms with Gasteiger partial charge in [0, 0.05) is 12.5 Å². The molecular weight excluding hydrogens is 328 g/mol. The van der Waals surface area contributed by atoms with Gasteiger partial charge in [0.25, 0.3) is 0 Å². The van der Waals surface area contributed by atoms with Crippen molar-refractivity contribution in [2.24, 2.45) is 0 Å². The third kappa shape index (κ3) is 3.51. The highest BCUT2D eigenvalue weighted by atomic mass is 16.5. The van der Waals surface area contributed by atoms with E-state index in [1.54, 1.807) is 13.4 Å². The van der Waals surface area contributed by atoms with Gasteiger partial charge in [0.05, 0.1) is 25.6 Å². The van der Waals surface area contributed by atoms with E-state index < -0.39 is 0 Å². The first kappa shape index (κ1) is 16.8. The van der Waals surface area contributed by atoms with Gasteiger partial charge in [0.1, 0.15) is 23.2 Å². The molecule has 0 unspecified atom stereocenters. The summed E-state index contributed by atoms with van der Waals surface area (Å²) in [6, 6.07) is 12.0. The van der Waals surface area contributed by atoms with Crippen LogP contribution in [0.3, 0.4) is 0 Å². The van der Waals surface area contributed by atoms with Crippen LogP contribution in [0, 0.1) is 6.92 Å². The number of nitrogens with zero attached hydrogens (tertiary/aromatic N) is 4. The molecule has 0 bridgehead atoms. The van der Waals surface area contributed by atoms with Crippen LogP contribution in [0.1, 0.15) is 36.2 Å². The van der Waals surface area contributed by atoms with E-state index in [2.05, 4.69) is 10.00 Å². The molecule has 1 aromatic carbocycles. The van der Waals surface area contributed by atoms with Gasteiger partial charge in [-0.3, -0.25) is 4.90 Å². The summed E-state index contributed by atoms with van der Waals surface area (Å²) in [5, 5.41) is 4.64. The summed E-state index contributed by atoms with van der Waals surface area (Å²) >= 11 is 0. The molecule has 1 atom stereocenters. The minimum Gasteiger partial charge on any atom is -0.497 e. The molecule has 2 aromatic heterocycles. The van der Waals surface area contributed by atoms with Crippen LogP contribution < -0.4 is 4.74 Å². The van der Waals surface area contributed by atoms with E-state index in [9.17, 15) is 0 Å². The van der Waals surface area contributed by atoms with Crippen LogP contribution in [-0.2, 0) is 6.54 Å². The third-order valence-corrected chi connectivity index (χ3v) is 4.89. The number of rotatable bonds is 5. The average molecular weight is 352 g/mol. The number of aromatic nitrogens is 3. The first-order valence-corrected chi connectivity index (χ1v) is 9.05. The first-order valence-electron chi connectivity index (χ1n) is 9.05. The summed E-state index contributed by atoms with van der Waals surface area (Å²) in [4.78, 5) is 7.20. The predicted molar refractivity (Wildman–Crippen MR) is 98.6 cm³/mol. The molecule has 3 heterocycles. The molecule has 0 amide bonds. The lowest BCUT2D eigenvalue weighted by Crippen LogP contribution is -2.34. The Hall–Kier alpha value is -2.60. The lowest BCUT2D eigenvalue weighted by atomic mass is 9.97. The third-order valence-electron chi connectivity index (χ3n) is 4.89. The summed E-state index contributed by atoms with van der Waals surface area (Å²) in [6.07, 6.45) is 4.02. The fourth-order valence-electron chi connectivity index (χ4n) is 3.64. The van der Waals surface area contributed by atoms with Crippen molar-refractivity contribution in [3.05, 3.63) is 60.1 Å². The van der Waals surface area contributed by atoms with Crippen molar-refractivity contribution in [3.63, 3.8) is 0 Å². The zero-order chi connectivity index (χ0) is 17.9. The first-order chi connectivity index (χ1) is 12.7. The quantitative estimate of drug-likeness (QED) is 0.703. The second kappa shape index (κ2) is 7.33. The van der Waals surface area contributed by atoms with Crippen molar-refractivity contribution in [2.45, 2.75) is 32.2 Å². The summed E-state index contributed by atoms with van der Waals surface area (Å²) in [6.45, 7) is 4.86. The number of ether oxygens (including phenoxy) is 1. The second-order valence-corrected chi connectivity index (χ2v) is 6.78. The van der Waals surface area contributed by atoms with Gasteiger partial charge in [-0.25, -0.2) is 9.67 Å². The molecule has 6 nitrogen and oxygen atoms in total. The molecule has 1 aliphatic rings. The number of piperidine rings is 1. The molecule has 0 saturated carbocycles. The van der Waals surface area contributed by atoms with Gasteiger partial charge >= 0.3 is 0 Å². The smallest absolute Gasteiger partial charge is 0.148 e. The summed E-state index contributed by atoms with van der Waals surface area (Å²) in [5.74, 6) is 4.06. The van der Waals surface area contributed by atoms with Gasteiger partial charge in [0.15, 0.2) is 0 Å². The Kier molecular flexibility index (Phi) is 4.75. The van der Waals surface area contributed by atoms with E-state index in [1.165, 1.54) is 0 Å². The van der Waals surface area contributed by atoms with Crippen LogP contribution in [0.2, 0.25) is 0 Å². The van der Waals surface area contributed by atoms with Gasteiger partial charge in [-0.1, -0.05) is 0 Å². The Balaban J connectivity index is 1.56. The minimum absolute atomic E-state index is 0.363. The van der Waals surface area contributed by atoms with Crippen LogP contribution in [0.4, 0.5) is 0 Å². The van der Waals surface area contributed by atoms with E-state index in [-0.39, 0.29) is 0 Å². The van der Waals surface area contributed by atoms with E-state index in [0.29, 0.717) is 5.92 Å². The van der Waals surface area contributed by atoms with Crippen LogP contribution in [-0.4, -0.2) is 39.9 Å². The van der Waals surface area contributed by atoms with Gasteiger partial charge in [-0.2, -0.15) is 5.10 Å². The summed E-state index contributed by atoms with van der Waals surface area (Å²) < 4.78 is 12.8. The van der Waals surface area contributed by atoms with Crippen LogP contribution >= 0.6 is 0 Å². The Morgan fingerprint density at radius 1 is 1.23 bits per heavy atom. The Bertz CT molecular complexity index is 839. The van der Waals surface area contributed by atoms with Crippen LogP contribution in [0.25, 0.3) is 5.69 Å². The summed E-state index contributed by atoms with van der Waals surface area (Å²) in [5.41, 5.74) is 1.02. The maximum Gasteiger partial charge on any atom is 0.148 e. The molecule has 0 radical (unpaired) electrons. The summed E-state index contributed by atoms with van der Waals surface area (Å²) in [7, 11) is 1.68. The van der Waals surface area contributed by atoms with Crippen molar-refractivity contribution >= 4 is 0 Å². The Morgan fingerprint density at radius 3 is 2.81 bits per heavy atom. The van der Waals surface area contributed by atoms with Crippen molar-refractivity contribution in [2.75, 3.05) is 20.2 Å². The zero-order valence-electron chi connectivity index (χ0n) is 15.3. The van der Waals surface area contributed by atoms with Gasteiger partial charge in [0.2, 0.25) is 0 Å². The van der Waals surface area contributed by atoms with E-state index >= 15 is 0 Å². The number of methoxy groups -OCH3 is 1. The number of hydrogen-bond acceptors (Lipinski definition) is 5. The highest BCUT2D eigenvalue weighted by Crippen LogP contribution is 2.28. The Morgan fingerprint density at radius 2 is 2.08 bits per heavy atom. The van der Waals surface area contributed by atoms with Crippen LogP contribution in [0.15, 0.2) is 47.1 Å². The molecule has 0 spiro atoms. The molecule has 3 aromatic rings. The SMILES string of the molecule is COc1ccc(-n2nc(C)nc2[C@H]2CCCN(Cc3ccco3)C2)cc1. The van der Waals surface area contributed by atoms with Gasteiger partial charge < -0.3 is 9.15 Å². The molecule has 1 fully saturated rings. The maximum absolute atomic E-state index is 5.51. The molecular formula is C20H24N4O2. The average Bonchev–Trinajstić information content (AvgIpc) is 3.31. The standard InChI is InChI=1S/C20H24N4O2/c1-15-21-20(24(22-15)17-7-9-18(25-2)10-8-17)16-5-3-11-23(13-16)14-19-6-4-12-26-19/h4,6-10,12,16H,3,5,11,13-14H2,1-2H3/t16-/m0/s1. The van der Waals surface area contributed by atoms with Gasteiger partial charge in [-0.15, -0.1) is 0 Å². The normalized spacial score (nSPS) is 18.2. The van der Waals surface area contributed by atoms with E-state index in [1.807, 2.05) is 48.0 Å². The largest absolute Gasteiger partial charge is 0.497 e. The molecule has 4 rings (SSSR count). The fourth-order valence-corrected chi connectivity index (χ4v) is 3.64. The zero-order valence-corrected chi connectivity index (χ0v) is 15.3. The van der Waals surface area contributed by atoms with Crippen molar-refractivity contribution in [1.29, 1.82) is 0 Å². The highest BCUT2D eigenvalue weighted by molar-refractivity contribution is 5.37. The number of hydrogen-bond donors (Lipinski definition) is 0.